The summed E-state index contributed by atoms with van der Waals surface area (Å²) in [6.45, 7) is 10.4. The van der Waals surface area contributed by atoms with E-state index in [0.29, 0.717) is 6.42 Å². The first-order valence-corrected chi connectivity index (χ1v) is 24.0. The molecule has 1 aromatic rings. The van der Waals surface area contributed by atoms with Crippen molar-refractivity contribution in [3.05, 3.63) is 35.9 Å². The summed E-state index contributed by atoms with van der Waals surface area (Å²) in [4.78, 5) is 125. The Kier molecular flexibility index (Phi) is 25.5. The average Bonchev–Trinajstić information content (AvgIpc) is 3.32. The summed E-state index contributed by atoms with van der Waals surface area (Å²) < 4.78 is 0. The van der Waals surface area contributed by atoms with Crippen molar-refractivity contribution in [2.24, 2.45) is 29.2 Å². The summed E-state index contributed by atoms with van der Waals surface area (Å²) in [6, 6.07) is -6.68. The Labute approximate surface area is 419 Å². The number of nitrogens with one attached hydrogen (secondary N) is 11. The first-order chi connectivity index (χ1) is 33.7. The molecule has 0 spiro atoms. The number of rotatable bonds is 14. The molecule has 0 aromatic heterocycles. The SMILES string of the molecule is CC[C@H](C)[C@@H]1NC(=O)[C@@H](CCCNC(=N)N)NC(=O)[C@H](CC(C)C)NC(=O)[C@H]([C@H](O)C(C)C)NC(=O)[C@@H](N)[C@@H](c2ccccc2)NC(=O)[C@H](CO)NC(=O)C([C@H](C)O)NC(=O)CNC(=O)[C@H]([C@H](C)O)NC1=O. The molecule has 13 atom stereocenters. The summed E-state index contributed by atoms with van der Waals surface area (Å²) in [5.41, 5.74) is 12.2. The van der Waals surface area contributed by atoms with Crippen molar-refractivity contribution in [2.75, 3.05) is 19.7 Å². The second-order valence-electron chi connectivity index (χ2n) is 18.7. The van der Waals surface area contributed by atoms with Gasteiger partial charge in [-0.2, -0.15) is 0 Å². The molecule has 1 aliphatic rings. The maximum absolute atomic E-state index is 14.3. The average molecular weight is 1020 g/mol. The standard InChI is InChI=1S/C46H77N13O13/c1-9-23(6)32-43(70)57-33(24(7)61)42(69)51-19-30(63)55-34(25(8)62)44(71)54-29(20-60)40(67)58-35(26-14-11-10-12-15-26)31(47)41(68)59-36(37(64)22(4)5)45(72)53-28(18-21(2)3)39(66)52-27(38(65)56-32)16-13-17-50-46(48)49/h10-12,14-15,21-25,27-29,31-37,60-62,64H,9,13,16-20,47H2,1-8H3,(H,51,69)(H,52,66)(H,53,72)(H,54,71)(H,55,63)(H,56,65)(H,57,70)(H,58,67)(H,59,68)(H4,48,49,50)/t23-,24-,25-,27+,28-,29-,31-,32-,33-,34?,35+,36-,37+/m0/s1. The zero-order chi connectivity index (χ0) is 54.6. The lowest BCUT2D eigenvalue weighted by molar-refractivity contribution is -0.138. The van der Waals surface area contributed by atoms with Gasteiger partial charge in [0.1, 0.15) is 48.3 Å². The van der Waals surface area contributed by atoms with Crippen LogP contribution in [-0.4, -0.2) is 166 Å². The smallest absolute Gasteiger partial charge is 0.245 e. The van der Waals surface area contributed by atoms with Gasteiger partial charge in [0.15, 0.2) is 5.96 Å². The van der Waals surface area contributed by atoms with Crippen molar-refractivity contribution in [2.45, 2.75) is 154 Å². The van der Waals surface area contributed by atoms with Crippen LogP contribution in [0.5, 0.6) is 0 Å². The third-order valence-electron chi connectivity index (χ3n) is 11.9. The molecular weight excluding hydrogens is 943 g/mol. The number of carbonyl (C=O) groups is 9. The molecule has 9 amide bonds. The van der Waals surface area contributed by atoms with Gasteiger partial charge in [-0.05, 0) is 56.4 Å². The van der Waals surface area contributed by atoms with Gasteiger partial charge in [0.05, 0.1) is 37.5 Å². The Balaban J connectivity index is 2.81. The van der Waals surface area contributed by atoms with Crippen molar-refractivity contribution < 1.29 is 63.6 Å². The van der Waals surface area contributed by atoms with E-state index in [9.17, 15) is 63.6 Å². The summed E-state index contributed by atoms with van der Waals surface area (Å²) in [5, 5.41) is 74.9. The fourth-order valence-electron chi connectivity index (χ4n) is 7.39. The molecule has 0 saturated carbocycles. The lowest BCUT2D eigenvalue weighted by Gasteiger charge is -2.32. The Morgan fingerprint density at radius 1 is 0.653 bits per heavy atom. The first kappa shape index (κ1) is 61.6. The second kappa shape index (κ2) is 29.8. The number of amides is 9. The first-order valence-electron chi connectivity index (χ1n) is 24.0. The van der Waals surface area contributed by atoms with Crippen LogP contribution in [-0.2, 0) is 43.2 Å². The van der Waals surface area contributed by atoms with Crippen LogP contribution >= 0.6 is 0 Å². The van der Waals surface area contributed by atoms with Crippen molar-refractivity contribution in [3.8, 4) is 0 Å². The molecule has 1 heterocycles. The van der Waals surface area contributed by atoms with E-state index >= 15 is 0 Å². The Morgan fingerprint density at radius 2 is 1.15 bits per heavy atom. The molecule has 19 N–H and O–H groups in total. The van der Waals surface area contributed by atoms with Gasteiger partial charge < -0.3 is 85.1 Å². The van der Waals surface area contributed by atoms with Crippen molar-refractivity contribution in [3.63, 3.8) is 0 Å². The van der Waals surface area contributed by atoms with E-state index in [-0.39, 0.29) is 43.2 Å². The van der Waals surface area contributed by atoms with Gasteiger partial charge >= 0.3 is 0 Å². The highest BCUT2D eigenvalue weighted by atomic mass is 16.3. The number of benzene rings is 1. The van der Waals surface area contributed by atoms with Crippen LogP contribution in [0.25, 0.3) is 0 Å². The normalized spacial score (nSPS) is 27.1. The monoisotopic (exact) mass is 1020 g/mol. The van der Waals surface area contributed by atoms with Crippen LogP contribution < -0.4 is 64.6 Å². The number of hydrogen-bond donors (Lipinski definition) is 17. The second-order valence-corrected chi connectivity index (χ2v) is 18.7. The fraction of sp³-hybridized carbons (Fsp3) is 0.652. The van der Waals surface area contributed by atoms with Crippen molar-refractivity contribution in [1.29, 1.82) is 5.41 Å². The molecule has 72 heavy (non-hydrogen) atoms. The van der Waals surface area contributed by atoms with Crippen LogP contribution in [0.2, 0.25) is 0 Å². The van der Waals surface area contributed by atoms with Gasteiger partial charge in [0.25, 0.3) is 0 Å². The summed E-state index contributed by atoms with van der Waals surface area (Å²) >= 11 is 0. The molecule has 1 aliphatic heterocycles. The number of carbonyl (C=O) groups excluding carboxylic acids is 9. The number of aliphatic hydroxyl groups is 4. The van der Waals surface area contributed by atoms with Gasteiger partial charge in [0.2, 0.25) is 53.2 Å². The molecule has 0 radical (unpaired) electrons. The van der Waals surface area contributed by atoms with E-state index in [2.05, 4.69) is 53.2 Å². The third kappa shape index (κ3) is 19.3. The Bertz CT molecular complexity index is 2030. The molecule has 1 fully saturated rings. The van der Waals surface area contributed by atoms with Crippen molar-refractivity contribution in [1.82, 2.24) is 53.2 Å². The predicted octanol–water partition coefficient (Wildman–Crippen LogP) is -5.18. The summed E-state index contributed by atoms with van der Waals surface area (Å²) in [5.74, 6) is -11.1. The van der Waals surface area contributed by atoms with Crippen LogP contribution in [0.1, 0.15) is 92.7 Å². The predicted molar refractivity (Wildman–Crippen MR) is 261 cm³/mol. The highest BCUT2D eigenvalue weighted by Crippen LogP contribution is 2.18. The molecule has 1 saturated heterocycles. The van der Waals surface area contributed by atoms with Gasteiger partial charge in [-0.25, -0.2) is 0 Å². The lowest BCUT2D eigenvalue weighted by atomic mass is 9.95. The minimum absolute atomic E-state index is 0.0270. The van der Waals surface area contributed by atoms with Gasteiger partial charge in [0, 0.05) is 6.54 Å². The van der Waals surface area contributed by atoms with Gasteiger partial charge in [-0.1, -0.05) is 78.3 Å². The van der Waals surface area contributed by atoms with E-state index < -0.39 is 151 Å². The molecule has 0 bridgehead atoms. The van der Waals surface area contributed by atoms with Crippen LogP contribution in [0, 0.1) is 23.2 Å². The van der Waals surface area contributed by atoms with Crippen LogP contribution in [0.3, 0.4) is 0 Å². The van der Waals surface area contributed by atoms with E-state index in [1.807, 2.05) is 0 Å². The topological polar surface area (TPSA) is 431 Å². The zero-order valence-electron chi connectivity index (χ0n) is 42.1. The number of guanidine groups is 1. The number of aliphatic hydroxyl groups excluding tert-OH is 4. The van der Waals surface area contributed by atoms with E-state index in [4.69, 9.17) is 16.9 Å². The number of hydrogen-bond acceptors (Lipinski definition) is 15. The quantitative estimate of drug-likeness (QED) is 0.0471. The maximum Gasteiger partial charge on any atom is 0.245 e. The molecule has 1 aromatic carbocycles. The Morgan fingerprint density at radius 3 is 1.69 bits per heavy atom. The molecule has 26 nitrogen and oxygen atoms in total. The third-order valence-corrected chi connectivity index (χ3v) is 11.9. The van der Waals surface area contributed by atoms with Gasteiger partial charge in [-0.3, -0.25) is 48.6 Å². The van der Waals surface area contributed by atoms with Gasteiger partial charge in [-0.15, -0.1) is 0 Å². The number of nitrogens with two attached hydrogens (primary N) is 2. The molecule has 2 rings (SSSR count). The summed E-state index contributed by atoms with van der Waals surface area (Å²) in [6.07, 6.45) is -4.50. The zero-order valence-corrected chi connectivity index (χ0v) is 42.1. The van der Waals surface area contributed by atoms with E-state index in [1.54, 1.807) is 59.7 Å². The minimum Gasteiger partial charge on any atom is -0.394 e. The molecule has 0 aliphatic carbocycles. The highest BCUT2D eigenvalue weighted by molar-refractivity contribution is 5.98. The highest BCUT2D eigenvalue weighted by Gasteiger charge is 2.40. The molecule has 1 unspecified atom stereocenters. The largest absolute Gasteiger partial charge is 0.394 e. The van der Waals surface area contributed by atoms with E-state index in [0.717, 1.165) is 6.92 Å². The fourth-order valence-corrected chi connectivity index (χ4v) is 7.39. The Hall–Kier alpha value is -6.48. The van der Waals surface area contributed by atoms with Crippen LogP contribution in [0.4, 0.5) is 0 Å². The lowest BCUT2D eigenvalue weighted by Crippen LogP contribution is -2.63. The molecular formula is C46H77N13O13. The summed E-state index contributed by atoms with van der Waals surface area (Å²) in [7, 11) is 0. The molecule has 404 valence electrons. The van der Waals surface area contributed by atoms with E-state index in [1.165, 1.54) is 19.1 Å². The maximum atomic E-state index is 14.3. The molecule has 26 heteroatoms. The van der Waals surface area contributed by atoms with Crippen LogP contribution in [0.15, 0.2) is 30.3 Å². The van der Waals surface area contributed by atoms with Crippen molar-refractivity contribution >= 4 is 59.1 Å². The minimum atomic E-state index is -1.79.